The molecule has 2 rings (SSSR count). The van der Waals surface area contributed by atoms with Gasteiger partial charge in [0.05, 0.1) is 10.5 Å². The topological polar surface area (TPSA) is 12.9 Å². The van der Waals surface area contributed by atoms with Gasteiger partial charge in [-0.15, -0.1) is 0 Å². The van der Waals surface area contributed by atoms with Crippen LogP contribution in [0.5, 0.6) is 0 Å². The Morgan fingerprint density at radius 1 is 1.19 bits per heavy atom. The van der Waals surface area contributed by atoms with Gasteiger partial charge >= 0.3 is 0 Å². The van der Waals surface area contributed by atoms with Crippen LogP contribution >= 0.6 is 11.6 Å². The van der Waals surface area contributed by atoms with Crippen molar-refractivity contribution in [1.29, 1.82) is 0 Å². The van der Waals surface area contributed by atoms with Gasteiger partial charge in [0.25, 0.3) is 0 Å². The van der Waals surface area contributed by atoms with Gasteiger partial charge < -0.3 is 0 Å². The molecule has 0 amide bonds. The van der Waals surface area contributed by atoms with Crippen molar-refractivity contribution in [3.8, 4) is 0 Å². The van der Waals surface area contributed by atoms with E-state index in [0.29, 0.717) is 0 Å². The fourth-order valence-corrected chi connectivity index (χ4v) is 2.56. The molecule has 0 N–H and O–H groups in total. The SMILES string of the molecule is CCc1nc2cc(C)cc(C)c2c(Cl)c1C. The van der Waals surface area contributed by atoms with Crippen molar-refractivity contribution in [2.75, 3.05) is 0 Å². The van der Waals surface area contributed by atoms with E-state index in [0.717, 1.165) is 33.6 Å². The van der Waals surface area contributed by atoms with Crippen molar-refractivity contribution in [2.45, 2.75) is 34.1 Å². The second-order valence-corrected chi connectivity index (χ2v) is 4.70. The number of fused-ring (bicyclic) bond motifs is 1. The van der Waals surface area contributed by atoms with E-state index < -0.39 is 0 Å². The molecule has 0 fully saturated rings. The minimum Gasteiger partial charge on any atom is -0.252 e. The van der Waals surface area contributed by atoms with Gasteiger partial charge in [-0.3, -0.25) is 4.98 Å². The van der Waals surface area contributed by atoms with Crippen LogP contribution in [0.4, 0.5) is 0 Å². The molecule has 84 valence electrons. The van der Waals surface area contributed by atoms with Gasteiger partial charge in [-0.05, 0) is 49.9 Å². The van der Waals surface area contributed by atoms with Gasteiger partial charge in [0, 0.05) is 11.1 Å². The maximum absolute atomic E-state index is 6.43. The van der Waals surface area contributed by atoms with Crippen LogP contribution < -0.4 is 0 Å². The molecule has 0 saturated carbocycles. The first-order valence-corrected chi connectivity index (χ1v) is 5.98. The summed E-state index contributed by atoms with van der Waals surface area (Å²) in [6, 6.07) is 4.26. The first-order chi connectivity index (χ1) is 7.54. The van der Waals surface area contributed by atoms with Crippen LogP contribution in [-0.2, 0) is 6.42 Å². The van der Waals surface area contributed by atoms with Gasteiger partial charge in [0.2, 0.25) is 0 Å². The second kappa shape index (κ2) is 4.06. The van der Waals surface area contributed by atoms with E-state index in [9.17, 15) is 0 Å². The third kappa shape index (κ3) is 1.69. The highest BCUT2D eigenvalue weighted by Gasteiger charge is 2.11. The van der Waals surface area contributed by atoms with Crippen LogP contribution in [-0.4, -0.2) is 4.98 Å². The van der Waals surface area contributed by atoms with E-state index in [4.69, 9.17) is 16.6 Å². The summed E-state index contributed by atoms with van der Waals surface area (Å²) < 4.78 is 0. The van der Waals surface area contributed by atoms with Crippen LogP contribution in [0.3, 0.4) is 0 Å². The molecule has 16 heavy (non-hydrogen) atoms. The number of rotatable bonds is 1. The van der Waals surface area contributed by atoms with E-state index in [1.54, 1.807) is 0 Å². The molecule has 1 aromatic carbocycles. The van der Waals surface area contributed by atoms with Crippen LogP contribution in [0.25, 0.3) is 10.9 Å². The molecular formula is C14H16ClN. The van der Waals surface area contributed by atoms with E-state index in [2.05, 4.69) is 32.9 Å². The number of pyridine rings is 1. The summed E-state index contributed by atoms with van der Waals surface area (Å²) in [6.07, 6.45) is 0.925. The molecule has 2 aromatic rings. The van der Waals surface area contributed by atoms with Crippen LogP contribution in [0.1, 0.15) is 29.3 Å². The Kier molecular flexibility index (Phi) is 2.90. The fourth-order valence-electron chi connectivity index (χ4n) is 2.21. The lowest BCUT2D eigenvalue weighted by molar-refractivity contribution is 1.03. The molecule has 0 aliphatic heterocycles. The Morgan fingerprint density at radius 2 is 1.88 bits per heavy atom. The maximum Gasteiger partial charge on any atom is 0.0725 e. The summed E-state index contributed by atoms with van der Waals surface area (Å²) in [4.78, 5) is 4.69. The molecule has 2 heteroatoms. The molecule has 0 unspecified atom stereocenters. The van der Waals surface area contributed by atoms with Crippen molar-refractivity contribution in [3.63, 3.8) is 0 Å². The fraction of sp³-hybridized carbons (Fsp3) is 0.357. The summed E-state index contributed by atoms with van der Waals surface area (Å²) >= 11 is 6.43. The first kappa shape index (κ1) is 11.4. The van der Waals surface area contributed by atoms with Crippen LogP contribution in [0.15, 0.2) is 12.1 Å². The Morgan fingerprint density at radius 3 is 2.50 bits per heavy atom. The Balaban J connectivity index is 2.92. The van der Waals surface area contributed by atoms with E-state index in [-0.39, 0.29) is 0 Å². The zero-order valence-corrected chi connectivity index (χ0v) is 10.9. The van der Waals surface area contributed by atoms with E-state index >= 15 is 0 Å². The van der Waals surface area contributed by atoms with Crippen LogP contribution in [0, 0.1) is 20.8 Å². The summed E-state index contributed by atoms with van der Waals surface area (Å²) in [5.74, 6) is 0. The number of nitrogens with zero attached hydrogens (tertiary/aromatic N) is 1. The number of aryl methyl sites for hydroxylation is 3. The smallest absolute Gasteiger partial charge is 0.0725 e. The number of hydrogen-bond acceptors (Lipinski definition) is 1. The third-order valence-corrected chi connectivity index (χ3v) is 3.50. The molecule has 0 spiro atoms. The zero-order chi connectivity index (χ0) is 11.9. The number of hydrogen-bond donors (Lipinski definition) is 0. The second-order valence-electron chi connectivity index (χ2n) is 4.33. The largest absolute Gasteiger partial charge is 0.252 e. The molecule has 0 atom stereocenters. The first-order valence-electron chi connectivity index (χ1n) is 5.60. The van der Waals surface area contributed by atoms with Gasteiger partial charge in [-0.2, -0.15) is 0 Å². The lowest BCUT2D eigenvalue weighted by Gasteiger charge is -2.11. The molecule has 1 aromatic heterocycles. The van der Waals surface area contributed by atoms with Gasteiger partial charge in [-0.25, -0.2) is 0 Å². The standard InChI is InChI=1S/C14H16ClN/c1-5-11-10(4)14(15)13-9(3)6-8(2)7-12(13)16-11/h6-7H,5H2,1-4H3. The number of halogens is 1. The summed E-state index contributed by atoms with van der Waals surface area (Å²) in [5, 5.41) is 1.96. The Labute approximate surface area is 101 Å². The van der Waals surface area contributed by atoms with E-state index in [1.165, 1.54) is 11.1 Å². The average molecular weight is 234 g/mol. The third-order valence-electron chi connectivity index (χ3n) is 3.03. The highest BCUT2D eigenvalue weighted by Crippen LogP contribution is 2.31. The molecular weight excluding hydrogens is 218 g/mol. The average Bonchev–Trinajstić information content (AvgIpc) is 2.22. The highest BCUT2D eigenvalue weighted by atomic mass is 35.5. The summed E-state index contributed by atoms with van der Waals surface area (Å²) in [5.41, 5.74) is 5.67. The highest BCUT2D eigenvalue weighted by molar-refractivity contribution is 6.36. The van der Waals surface area contributed by atoms with Crippen molar-refractivity contribution in [2.24, 2.45) is 0 Å². The minimum atomic E-state index is 0.861. The maximum atomic E-state index is 6.43. The molecule has 1 nitrogen and oxygen atoms in total. The lowest BCUT2D eigenvalue weighted by atomic mass is 10.0. The molecule has 0 aliphatic rings. The normalized spacial score (nSPS) is 11.1. The zero-order valence-electron chi connectivity index (χ0n) is 10.2. The molecule has 0 saturated heterocycles. The Bertz CT molecular complexity index is 558. The van der Waals surface area contributed by atoms with Crippen molar-refractivity contribution < 1.29 is 0 Å². The van der Waals surface area contributed by atoms with Crippen molar-refractivity contribution in [1.82, 2.24) is 4.98 Å². The predicted octanol–water partition coefficient (Wildman–Crippen LogP) is 4.38. The number of benzene rings is 1. The minimum absolute atomic E-state index is 0.861. The van der Waals surface area contributed by atoms with Gasteiger partial charge in [-0.1, -0.05) is 24.6 Å². The Hall–Kier alpha value is -1.08. The van der Waals surface area contributed by atoms with E-state index in [1.807, 2.05) is 6.92 Å². The van der Waals surface area contributed by atoms with Gasteiger partial charge in [0.1, 0.15) is 0 Å². The molecule has 0 radical (unpaired) electrons. The quantitative estimate of drug-likeness (QED) is 0.713. The molecule has 0 bridgehead atoms. The lowest BCUT2D eigenvalue weighted by Crippen LogP contribution is -1.96. The molecule has 0 aliphatic carbocycles. The van der Waals surface area contributed by atoms with Crippen molar-refractivity contribution in [3.05, 3.63) is 39.5 Å². The molecule has 1 heterocycles. The summed E-state index contributed by atoms with van der Waals surface area (Å²) in [6.45, 7) is 8.34. The monoisotopic (exact) mass is 233 g/mol. The van der Waals surface area contributed by atoms with Crippen LogP contribution in [0.2, 0.25) is 5.02 Å². The van der Waals surface area contributed by atoms with Crippen molar-refractivity contribution >= 4 is 22.5 Å². The summed E-state index contributed by atoms with van der Waals surface area (Å²) in [7, 11) is 0. The van der Waals surface area contributed by atoms with Gasteiger partial charge in [0.15, 0.2) is 0 Å². The number of aromatic nitrogens is 1. The predicted molar refractivity (Wildman–Crippen MR) is 70.3 cm³/mol.